The van der Waals surface area contributed by atoms with Gasteiger partial charge < -0.3 is 50.5 Å². The summed E-state index contributed by atoms with van der Waals surface area (Å²) in [4.78, 5) is 12.9. The van der Waals surface area contributed by atoms with Crippen molar-refractivity contribution in [3.63, 3.8) is 0 Å². The van der Waals surface area contributed by atoms with Gasteiger partial charge in [-0.25, -0.2) is 0 Å². The van der Waals surface area contributed by atoms with Crippen molar-refractivity contribution in [1.29, 1.82) is 0 Å². The van der Waals surface area contributed by atoms with Crippen LogP contribution in [0.15, 0.2) is 36.5 Å². The molecule has 0 radical (unpaired) electrons. The fraction of sp³-hybridized carbons (Fsp3) is 0.821. The highest BCUT2D eigenvalue weighted by atomic mass is 16.7. The Morgan fingerprint density at radius 2 is 1.20 bits per heavy atom. The van der Waals surface area contributed by atoms with Crippen molar-refractivity contribution in [2.24, 2.45) is 0 Å². The number of aliphatic hydroxyl groups excluding tert-OH is 7. The van der Waals surface area contributed by atoms with E-state index in [-0.39, 0.29) is 12.8 Å². The zero-order valence-corrected chi connectivity index (χ0v) is 30.9. The molecule has 1 amide bonds. The van der Waals surface area contributed by atoms with Gasteiger partial charge >= 0.3 is 0 Å². The summed E-state index contributed by atoms with van der Waals surface area (Å²) < 4.78 is 11.0. The molecule has 1 heterocycles. The predicted octanol–water partition coefficient (Wildman–Crippen LogP) is 4.49. The minimum Gasteiger partial charge on any atom is -0.394 e. The first-order chi connectivity index (χ1) is 24.2. The number of carbonyl (C=O) groups is 1. The highest BCUT2D eigenvalue weighted by Crippen LogP contribution is 2.23. The van der Waals surface area contributed by atoms with Gasteiger partial charge in [-0.05, 0) is 57.8 Å². The lowest BCUT2D eigenvalue weighted by Crippen LogP contribution is -2.60. The Bertz CT molecular complexity index is 913. The summed E-state index contributed by atoms with van der Waals surface area (Å²) in [7, 11) is 0. The Morgan fingerprint density at radius 3 is 1.76 bits per heavy atom. The van der Waals surface area contributed by atoms with Crippen LogP contribution in [0.4, 0.5) is 0 Å². The van der Waals surface area contributed by atoms with Gasteiger partial charge in [0.05, 0.1) is 25.4 Å². The van der Waals surface area contributed by atoms with E-state index in [4.69, 9.17) is 9.47 Å². The Kier molecular flexibility index (Phi) is 27.7. The summed E-state index contributed by atoms with van der Waals surface area (Å²) >= 11 is 0. The summed E-state index contributed by atoms with van der Waals surface area (Å²) in [5.41, 5.74) is 0. The number of amides is 1. The molecule has 1 aliphatic heterocycles. The second kappa shape index (κ2) is 29.9. The van der Waals surface area contributed by atoms with E-state index in [0.29, 0.717) is 19.3 Å². The van der Waals surface area contributed by atoms with Gasteiger partial charge in [-0.2, -0.15) is 0 Å². The van der Waals surface area contributed by atoms with Crippen LogP contribution in [0.25, 0.3) is 0 Å². The molecular weight excluding hydrogens is 642 g/mol. The van der Waals surface area contributed by atoms with E-state index >= 15 is 0 Å². The van der Waals surface area contributed by atoms with Gasteiger partial charge in [-0.3, -0.25) is 4.79 Å². The number of rotatable bonds is 30. The Labute approximate surface area is 301 Å². The van der Waals surface area contributed by atoms with Crippen LogP contribution in [0.1, 0.15) is 136 Å². The number of hydrogen-bond acceptors (Lipinski definition) is 10. The molecular formula is C39H71NO10. The average Bonchev–Trinajstić information content (AvgIpc) is 3.11. The molecule has 8 N–H and O–H groups in total. The highest BCUT2D eigenvalue weighted by molar-refractivity contribution is 5.80. The molecule has 0 spiro atoms. The van der Waals surface area contributed by atoms with Crippen LogP contribution in [0.3, 0.4) is 0 Å². The van der Waals surface area contributed by atoms with Crippen LogP contribution >= 0.6 is 0 Å². The third-order valence-electron chi connectivity index (χ3n) is 9.15. The number of hydrogen-bond donors (Lipinski definition) is 8. The van der Waals surface area contributed by atoms with Crippen molar-refractivity contribution in [3.8, 4) is 0 Å². The van der Waals surface area contributed by atoms with Gasteiger partial charge in [0, 0.05) is 0 Å². The van der Waals surface area contributed by atoms with Gasteiger partial charge in [0.2, 0.25) is 5.91 Å². The van der Waals surface area contributed by atoms with Crippen molar-refractivity contribution in [1.82, 2.24) is 5.32 Å². The van der Waals surface area contributed by atoms with Crippen LogP contribution in [-0.2, 0) is 14.3 Å². The van der Waals surface area contributed by atoms with Crippen molar-refractivity contribution in [2.75, 3.05) is 13.2 Å². The van der Waals surface area contributed by atoms with Crippen molar-refractivity contribution in [3.05, 3.63) is 36.5 Å². The lowest BCUT2D eigenvalue weighted by atomic mass is 9.98. The second-order valence-corrected chi connectivity index (χ2v) is 13.6. The quantitative estimate of drug-likeness (QED) is 0.0389. The summed E-state index contributed by atoms with van der Waals surface area (Å²) in [6, 6.07) is -1.19. The van der Waals surface area contributed by atoms with Crippen LogP contribution < -0.4 is 5.32 Å². The summed E-state index contributed by atoms with van der Waals surface area (Å²) in [6.45, 7) is 3.29. The maximum atomic E-state index is 12.9. The Balaban J connectivity index is 2.60. The molecule has 11 heteroatoms. The molecule has 0 aromatic carbocycles. The van der Waals surface area contributed by atoms with Crippen molar-refractivity contribution in [2.45, 2.75) is 191 Å². The number of aliphatic hydroxyl groups is 7. The topological polar surface area (TPSA) is 189 Å². The molecule has 1 fully saturated rings. The fourth-order valence-electron chi connectivity index (χ4n) is 5.81. The number of ether oxygens (including phenoxy) is 2. The third-order valence-corrected chi connectivity index (χ3v) is 9.15. The number of carbonyl (C=O) groups excluding carboxylic acids is 1. The first kappa shape index (κ1) is 46.4. The summed E-state index contributed by atoms with van der Waals surface area (Å²) in [5.74, 6) is -0.720. The third kappa shape index (κ3) is 20.4. The normalized spacial score (nSPS) is 23.9. The molecule has 0 bridgehead atoms. The maximum Gasteiger partial charge on any atom is 0.249 e. The zero-order valence-electron chi connectivity index (χ0n) is 30.9. The lowest BCUT2D eigenvalue weighted by molar-refractivity contribution is -0.303. The van der Waals surface area contributed by atoms with Gasteiger partial charge in [0.15, 0.2) is 6.29 Å². The fourth-order valence-corrected chi connectivity index (χ4v) is 5.81. The molecule has 1 rings (SSSR count). The first-order valence-corrected chi connectivity index (χ1v) is 19.4. The van der Waals surface area contributed by atoms with Crippen LogP contribution in [-0.4, -0.2) is 110 Å². The molecule has 0 aliphatic carbocycles. The monoisotopic (exact) mass is 714 g/mol. The van der Waals surface area contributed by atoms with E-state index in [1.54, 1.807) is 0 Å². The van der Waals surface area contributed by atoms with E-state index < -0.39 is 74.2 Å². The lowest BCUT2D eigenvalue weighted by Gasteiger charge is -2.40. The van der Waals surface area contributed by atoms with E-state index in [0.717, 1.165) is 51.4 Å². The van der Waals surface area contributed by atoms with Gasteiger partial charge in [-0.1, -0.05) is 115 Å². The van der Waals surface area contributed by atoms with Gasteiger partial charge in [0.1, 0.15) is 36.6 Å². The smallest absolute Gasteiger partial charge is 0.249 e. The van der Waals surface area contributed by atoms with E-state index in [2.05, 4.69) is 49.5 Å². The number of nitrogens with one attached hydrogen (secondary N) is 1. The van der Waals surface area contributed by atoms with E-state index in [1.807, 2.05) is 6.08 Å². The standard InChI is InChI=1S/C39H71NO10/c1-3-5-7-9-11-13-14-15-16-17-18-19-21-22-24-26-31(42)34(44)30(29-49-39-37(47)36(46)35(45)33(28-41)50-39)40-38(48)32(43)27-25-23-20-12-10-8-6-4-2/h9,11,15-16,19,21,30-37,39,41-47H,3-8,10,12-14,17-18,20,22-29H2,1-2H3,(H,40,48)/b11-9+,16-15+,21-19+. The number of unbranched alkanes of at least 4 members (excludes halogenated alkanes) is 12. The van der Waals surface area contributed by atoms with Crippen LogP contribution in [0.2, 0.25) is 0 Å². The Morgan fingerprint density at radius 1 is 0.680 bits per heavy atom. The first-order valence-electron chi connectivity index (χ1n) is 19.4. The van der Waals surface area contributed by atoms with Crippen LogP contribution in [0, 0.1) is 0 Å². The van der Waals surface area contributed by atoms with Crippen molar-refractivity contribution >= 4 is 5.91 Å². The highest BCUT2D eigenvalue weighted by Gasteiger charge is 2.44. The average molecular weight is 714 g/mol. The van der Waals surface area contributed by atoms with Crippen LogP contribution in [0.5, 0.6) is 0 Å². The summed E-state index contributed by atoms with van der Waals surface area (Å²) in [6.07, 6.45) is 19.4. The second-order valence-electron chi connectivity index (χ2n) is 13.6. The molecule has 50 heavy (non-hydrogen) atoms. The molecule has 0 aromatic rings. The molecule has 11 nitrogen and oxygen atoms in total. The molecule has 1 saturated heterocycles. The summed E-state index contributed by atoms with van der Waals surface area (Å²) in [5, 5.41) is 75.0. The number of allylic oxidation sites excluding steroid dienone is 6. The minimum absolute atomic E-state index is 0.240. The largest absolute Gasteiger partial charge is 0.394 e. The predicted molar refractivity (Wildman–Crippen MR) is 196 cm³/mol. The van der Waals surface area contributed by atoms with Crippen molar-refractivity contribution < 1.29 is 50.0 Å². The molecule has 1 aliphatic rings. The van der Waals surface area contributed by atoms with E-state index in [9.17, 15) is 40.5 Å². The molecule has 292 valence electrons. The maximum absolute atomic E-state index is 12.9. The molecule has 9 unspecified atom stereocenters. The zero-order chi connectivity index (χ0) is 37.0. The molecule has 0 aromatic heterocycles. The van der Waals surface area contributed by atoms with Gasteiger partial charge in [0.25, 0.3) is 0 Å². The minimum atomic E-state index is -1.67. The molecule has 9 atom stereocenters. The Hall–Kier alpha value is -1.67. The van der Waals surface area contributed by atoms with Gasteiger partial charge in [-0.15, -0.1) is 0 Å². The van der Waals surface area contributed by atoms with E-state index in [1.165, 1.54) is 38.5 Å². The SMILES string of the molecule is CCCC/C=C/CC/C=C/CC/C=C/CCCC(O)C(O)C(COC1OC(CO)C(O)C(O)C1O)NC(=O)C(O)CCCCCCCCCC. The molecule has 0 saturated carbocycles.